The fraction of sp³-hybridized carbons (Fsp3) is 0. The number of hydrogen-bond donors (Lipinski definition) is 0. The van der Waals surface area contributed by atoms with Gasteiger partial charge in [0.05, 0.1) is 0 Å². The lowest BCUT2D eigenvalue weighted by atomic mass is 10.1. The standard InChI is InChI=1S/2C12H9Br.O2S/c2*13-12-8-6-11(7-9-12)10-4-2-1-3-5-10;1-3-2/h2*1-9H;. The van der Waals surface area contributed by atoms with Crippen molar-refractivity contribution < 1.29 is 8.42 Å². The predicted octanol–water partition coefficient (Wildman–Crippen LogP) is 7.56. The van der Waals surface area contributed by atoms with Crippen molar-refractivity contribution in [2.45, 2.75) is 0 Å². The minimum atomic E-state index is -0.750. The number of hydrogen-bond acceptors (Lipinski definition) is 2. The molecule has 0 bridgehead atoms. The van der Waals surface area contributed by atoms with Crippen LogP contribution in [0.2, 0.25) is 0 Å². The van der Waals surface area contributed by atoms with Gasteiger partial charge in [0.1, 0.15) is 0 Å². The monoisotopic (exact) mass is 528 g/mol. The summed E-state index contributed by atoms with van der Waals surface area (Å²) in [5.41, 5.74) is 5.03. The molecule has 0 spiro atoms. The molecule has 0 amide bonds. The van der Waals surface area contributed by atoms with Gasteiger partial charge in [-0.1, -0.05) is 117 Å². The lowest BCUT2D eigenvalue weighted by Crippen LogP contribution is -1.75. The Morgan fingerprint density at radius 1 is 0.414 bits per heavy atom. The zero-order chi connectivity index (χ0) is 20.9. The van der Waals surface area contributed by atoms with E-state index in [9.17, 15) is 0 Å². The number of benzene rings is 4. The fourth-order valence-electron chi connectivity index (χ4n) is 2.55. The van der Waals surface area contributed by atoms with Crippen molar-refractivity contribution in [2.75, 3.05) is 0 Å². The van der Waals surface area contributed by atoms with E-state index >= 15 is 0 Å². The summed E-state index contributed by atoms with van der Waals surface area (Å²) in [6.07, 6.45) is 0. The Kier molecular flexibility index (Phi) is 10.3. The Hall–Kier alpha value is -2.34. The van der Waals surface area contributed by atoms with Gasteiger partial charge in [-0.3, -0.25) is 0 Å². The minimum absolute atomic E-state index is 0.750. The van der Waals surface area contributed by atoms with Crippen LogP contribution >= 0.6 is 31.9 Å². The Balaban J connectivity index is 0.000000183. The molecule has 2 nitrogen and oxygen atoms in total. The molecule has 0 saturated carbocycles. The Bertz CT molecular complexity index is 933. The third-order valence-electron chi connectivity index (χ3n) is 3.90. The lowest BCUT2D eigenvalue weighted by molar-refractivity contribution is 0.630. The highest BCUT2D eigenvalue weighted by atomic mass is 79.9. The summed E-state index contributed by atoms with van der Waals surface area (Å²) in [4.78, 5) is 0. The first-order valence-corrected chi connectivity index (χ1v) is 10.9. The van der Waals surface area contributed by atoms with Gasteiger partial charge in [0.25, 0.3) is 0 Å². The lowest BCUT2D eigenvalue weighted by Gasteiger charge is -2.00. The molecule has 0 aromatic heterocycles. The first-order chi connectivity index (χ1) is 14.1. The Morgan fingerprint density at radius 3 is 0.931 bits per heavy atom. The average Bonchev–Trinajstić information content (AvgIpc) is 2.77. The summed E-state index contributed by atoms with van der Waals surface area (Å²) < 4.78 is 18.8. The van der Waals surface area contributed by atoms with Gasteiger partial charge in [0.15, 0.2) is 0 Å². The van der Waals surface area contributed by atoms with E-state index in [0.29, 0.717) is 0 Å². The first-order valence-electron chi connectivity index (χ1n) is 8.68. The van der Waals surface area contributed by atoms with E-state index in [2.05, 4.69) is 129 Å². The molecule has 0 aliphatic heterocycles. The third-order valence-corrected chi connectivity index (χ3v) is 4.96. The first kappa shape index (κ1) is 22.9. The van der Waals surface area contributed by atoms with E-state index in [1.807, 2.05) is 12.1 Å². The van der Waals surface area contributed by atoms with Crippen LogP contribution in [0.25, 0.3) is 22.3 Å². The van der Waals surface area contributed by atoms with Crippen molar-refractivity contribution in [1.29, 1.82) is 0 Å². The van der Waals surface area contributed by atoms with E-state index in [4.69, 9.17) is 8.42 Å². The largest absolute Gasteiger partial charge is 0.335 e. The molecular formula is C24H18Br2O2S. The zero-order valence-electron chi connectivity index (χ0n) is 15.4. The molecule has 0 aliphatic rings. The molecule has 0 heterocycles. The second kappa shape index (κ2) is 13.0. The highest BCUT2D eigenvalue weighted by Gasteiger charge is 1.95. The predicted molar refractivity (Wildman–Crippen MR) is 128 cm³/mol. The van der Waals surface area contributed by atoms with Gasteiger partial charge < -0.3 is 0 Å². The van der Waals surface area contributed by atoms with Crippen LogP contribution < -0.4 is 0 Å². The highest BCUT2D eigenvalue weighted by Crippen LogP contribution is 2.21. The Morgan fingerprint density at radius 2 is 0.655 bits per heavy atom. The molecule has 0 fully saturated rings. The maximum Gasteiger partial charge on any atom is 0.335 e. The van der Waals surface area contributed by atoms with Crippen molar-refractivity contribution in [3.05, 3.63) is 118 Å². The summed E-state index contributed by atoms with van der Waals surface area (Å²) in [5, 5.41) is 0. The molecule has 0 unspecified atom stereocenters. The smallest absolute Gasteiger partial charge is 0.168 e. The van der Waals surface area contributed by atoms with Gasteiger partial charge in [-0.05, 0) is 46.5 Å². The van der Waals surface area contributed by atoms with Crippen LogP contribution in [0.3, 0.4) is 0 Å². The van der Waals surface area contributed by atoms with Crippen molar-refractivity contribution in [2.24, 2.45) is 0 Å². The summed E-state index contributed by atoms with van der Waals surface area (Å²) in [7, 11) is 0. The molecule has 29 heavy (non-hydrogen) atoms. The average molecular weight is 530 g/mol. The molecule has 4 aromatic rings. The van der Waals surface area contributed by atoms with E-state index in [0.717, 1.165) is 8.95 Å². The van der Waals surface area contributed by atoms with Crippen LogP contribution in [0, 0.1) is 0 Å². The van der Waals surface area contributed by atoms with Gasteiger partial charge in [-0.15, -0.1) is 0 Å². The fourth-order valence-corrected chi connectivity index (χ4v) is 3.07. The van der Waals surface area contributed by atoms with E-state index in [-0.39, 0.29) is 0 Å². The second-order valence-corrected chi connectivity index (χ2v) is 7.78. The van der Waals surface area contributed by atoms with Gasteiger partial charge in [-0.25, -0.2) is 0 Å². The van der Waals surface area contributed by atoms with Crippen molar-refractivity contribution >= 4 is 43.4 Å². The molecule has 5 heteroatoms. The van der Waals surface area contributed by atoms with Crippen molar-refractivity contribution in [3.63, 3.8) is 0 Å². The number of halogens is 2. The van der Waals surface area contributed by atoms with Gasteiger partial charge in [0.2, 0.25) is 0 Å². The molecule has 0 aliphatic carbocycles. The van der Waals surface area contributed by atoms with Crippen LogP contribution in [0.5, 0.6) is 0 Å². The maximum atomic E-state index is 8.29. The van der Waals surface area contributed by atoms with E-state index in [1.165, 1.54) is 22.3 Å². The van der Waals surface area contributed by atoms with Crippen molar-refractivity contribution in [3.8, 4) is 22.3 Å². The molecule has 146 valence electrons. The molecular weight excluding hydrogens is 512 g/mol. The minimum Gasteiger partial charge on any atom is -0.168 e. The van der Waals surface area contributed by atoms with Crippen LogP contribution in [-0.2, 0) is 11.6 Å². The van der Waals surface area contributed by atoms with E-state index in [1.54, 1.807) is 0 Å². The van der Waals surface area contributed by atoms with E-state index < -0.39 is 11.6 Å². The molecule has 4 aromatic carbocycles. The molecule has 0 saturated heterocycles. The quantitative estimate of drug-likeness (QED) is 0.268. The van der Waals surface area contributed by atoms with Gasteiger partial charge >= 0.3 is 11.6 Å². The van der Waals surface area contributed by atoms with Gasteiger partial charge in [-0.2, -0.15) is 8.42 Å². The topological polar surface area (TPSA) is 34.1 Å². The van der Waals surface area contributed by atoms with Crippen LogP contribution in [-0.4, -0.2) is 8.42 Å². The summed E-state index contributed by atoms with van der Waals surface area (Å²) >= 11 is 6.09. The SMILES string of the molecule is Brc1ccc(-c2ccccc2)cc1.Brc1ccc(-c2ccccc2)cc1.O=S=O. The summed E-state index contributed by atoms with van der Waals surface area (Å²) in [6, 6.07) is 37.4. The highest BCUT2D eigenvalue weighted by molar-refractivity contribution is 9.10. The molecule has 0 N–H and O–H groups in total. The molecule has 0 radical (unpaired) electrons. The normalized spacial score (nSPS) is 9.31. The Labute approximate surface area is 191 Å². The third kappa shape index (κ3) is 8.28. The molecule has 0 atom stereocenters. The molecule has 4 rings (SSSR count). The number of rotatable bonds is 2. The van der Waals surface area contributed by atoms with Crippen LogP contribution in [0.15, 0.2) is 118 Å². The van der Waals surface area contributed by atoms with Crippen molar-refractivity contribution in [1.82, 2.24) is 0 Å². The zero-order valence-corrected chi connectivity index (χ0v) is 19.4. The van der Waals surface area contributed by atoms with Gasteiger partial charge in [0, 0.05) is 8.95 Å². The maximum absolute atomic E-state index is 8.29. The summed E-state index contributed by atoms with van der Waals surface area (Å²) in [5.74, 6) is 0. The van der Waals surface area contributed by atoms with Crippen LogP contribution in [0.1, 0.15) is 0 Å². The van der Waals surface area contributed by atoms with Crippen LogP contribution in [0.4, 0.5) is 0 Å². The summed E-state index contributed by atoms with van der Waals surface area (Å²) in [6.45, 7) is 0. The second-order valence-electron chi connectivity index (χ2n) is 5.81.